The first-order valence-corrected chi connectivity index (χ1v) is 21.7. The third-order valence-electron chi connectivity index (χ3n) is 9.77. The van der Waals surface area contributed by atoms with Crippen molar-refractivity contribution in [2.24, 2.45) is 0 Å². The molecule has 49 heavy (non-hydrogen) atoms. The maximum atomic E-state index is 12.3. The molecular formula is C44H86N2O3. The van der Waals surface area contributed by atoms with Crippen molar-refractivity contribution >= 4 is 5.97 Å². The molecule has 0 aromatic heterocycles. The van der Waals surface area contributed by atoms with Crippen molar-refractivity contribution in [1.29, 1.82) is 0 Å². The number of nitrogens with zero attached hydrogens (tertiary/aromatic N) is 2. The number of carbonyl (C=O) groups is 1. The third kappa shape index (κ3) is 37.9. The minimum Gasteiger partial charge on any atom is -0.464 e. The molecule has 0 radical (unpaired) electrons. The van der Waals surface area contributed by atoms with Gasteiger partial charge >= 0.3 is 5.97 Å². The van der Waals surface area contributed by atoms with Gasteiger partial charge in [-0.25, -0.2) is 0 Å². The molecule has 0 aliphatic carbocycles. The zero-order chi connectivity index (χ0) is 35.7. The number of carbonyl (C=O) groups excluding carboxylic acids is 1. The van der Waals surface area contributed by atoms with Gasteiger partial charge in [0.25, 0.3) is 0 Å². The van der Waals surface area contributed by atoms with E-state index in [2.05, 4.69) is 54.9 Å². The highest BCUT2D eigenvalue weighted by molar-refractivity contribution is 5.69. The number of ether oxygens (including phenoxy) is 1. The number of aliphatic hydroxyl groups excluding tert-OH is 1. The molecule has 0 aromatic carbocycles. The van der Waals surface area contributed by atoms with Crippen LogP contribution in [0.15, 0.2) is 24.3 Å². The lowest BCUT2D eigenvalue weighted by atomic mass is 10.1. The van der Waals surface area contributed by atoms with E-state index in [0.717, 1.165) is 58.5 Å². The zero-order valence-corrected chi connectivity index (χ0v) is 33.4. The van der Waals surface area contributed by atoms with Crippen LogP contribution in [0.1, 0.15) is 201 Å². The first-order chi connectivity index (χ1) is 24.2. The van der Waals surface area contributed by atoms with E-state index >= 15 is 0 Å². The molecule has 0 rings (SSSR count). The average molecular weight is 691 g/mol. The summed E-state index contributed by atoms with van der Waals surface area (Å²) >= 11 is 0. The number of esters is 1. The van der Waals surface area contributed by atoms with Crippen LogP contribution in [0.3, 0.4) is 0 Å². The van der Waals surface area contributed by atoms with Crippen LogP contribution in [0.2, 0.25) is 0 Å². The van der Waals surface area contributed by atoms with Crippen LogP contribution in [0, 0.1) is 0 Å². The number of aliphatic hydroxyl groups is 1. The summed E-state index contributed by atoms with van der Waals surface area (Å²) in [4.78, 5) is 17.2. The molecular weight excluding hydrogens is 604 g/mol. The average Bonchev–Trinajstić information content (AvgIpc) is 3.10. The summed E-state index contributed by atoms with van der Waals surface area (Å²) in [7, 11) is 0. The number of rotatable bonds is 40. The monoisotopic (exact) mass is 691 g/mol. The molecule has 0 unspecified atom stereocenters. The molecule has 0 aliphatic rings. The van der Waals surface area contributed by atoms with E-state index in [-0.39, 0.29) is 12.6 Å². The normalized spacial score (nSPS) is 12.0. The van der Waals surface area contributed by atoms with Crippen molar-refractivity contribution in [3.63, 3.8) is 0 Å². The van der Waals surface area contributed by atoms with Crippen LogP contribution in [0.25, 0.3) is 0 Å². The summed E-state index contributed by atoms with van der Waals surface area (Å²) in [6.07, 6.45) is 44.0. The molecule has 290 valence electrons. The predicted octanol–water partition coefficient (Wildman–Crippen LogP) is 12.2. The molecule has 0 heterocycles. The summed E-state index contributed by atoms with van der Waals surface area (Å²) in [6.45, 7) is 13.8. The third-order valence-corrected chi connectivity index (χ3v) is 9.77. The topological polar surface area (TPSA) is 53.0 Å². The van der Waals surface area contributed by atoms with Gasteiger partial charge in [-0.05, 0) is 90.4 Å². The maximum Gasteiger partial charge on any atom is 0.305 e. The van der Waals surface area contributed by atoms with E-state index in [4.69, 9.17) is 4.74 Å². The van der Waals surface area contributed by atoms with Crippen LogP contribution >= 0.6 is 0 Å². The second kappa shape index (κ2) is 41.3. The fourth-order valence-electron chi connectivity index (χ4n) is 6.51. The Bertz CT molecular complexity index is 710. The Hall–Kier alpha value is -1.17. The van der Waals surface area contributed by atoms with Crippen molar-refractivity contribution in [2.75, 3.05) is 52.5 Å². The zero-order valence-electron chi connectivity index (χ0n) is 33.4. The quantitative estimate of drug-likeness (QED) is 0.0394. The lowest BCUT2D eigenvalue weighted by Gasteiger charge is -2.22. The molecule has 0 aliphatic heterocycles. The lowest BCUT2D eigenvalue weighted by molar-refractivity contribution is -0.144. The first-order valence-electron chi connectivity index (χ1n) is 21.7. The Morgan fingerprint density at radius 2 is 0.857 bits per heavy atom. The fourth-order valence-corrected chi connectivity index (χ4v) is 6.51. The number of allylic oxidation sites excluding steroid dienone is 4. The second-order valence-electron chi connectivity index (χ2n) is 14.6. The van der Waals surface area contributed by atoms with E-state index in [1.54, 1.807) is 0 Å². The van der Waals surface area contributed by atoms with Gasteiger partial charge in [-0.1, -0.05) is 154 Å². The van der Waals surface area contributed by atoms with Crippen molar-refractivity contribution in [1.82, 2.24) is 9.80 Å². The number of hydrogen-bond acceptors (Lipinski definition) is 5. The second-order valence-corrected chi connectivity index (χ2v) is 14.6. The van der Waals surface area contributed by atoms with E-state index in [1.165, 1.54) is 154 Å². The fraction of sp³-hybridized carbons (Fsp3) is 0.886. The van der Waals surface area contributed by atoms with Gasteiger partial charge in [-0.2, -0.15) is 0 Å². The highest BCUT2D eigenvalue weighted by Gasteiger charge is 2.08. The summed E-state index contributed by atoms with van der Waals surface area (Å²) in [5.74, 6) is -0.0137. The van der Waals surface area contributed by atoms with Gasteiger partial charge in [0, 0.05) is 19.5 Å². The SMILES string of the molecule is CCCCC/C=C\C/C=C\CCCCCCCCN(CCO)CCCCCCCCCC(=O)OCCN(CCCCC)CCCCCCC. The Balaban J connectivity index is 3.72. The van der Waals surface area contributed by atoms with Gasteiger partial charge in [0.1, 0.15) is 6.61 Å². The van der Waals surface area contributed by atoms with Gasteiger partial charge in [-0.15, -0.1) is 0 Å². The molecule has 0 fully saturated rings. The van der Waals surface area contributed by atoms with Gasteiger partial charge < -0.3 is 14.7 Å². The van der Waals surface area contributed by atoms with Gasteiger partial charge in [0.05, 0.1) is 6.61 Å². The molecule has 0 saturated heterocycles. The van der Waals surface area contributed by atoms with Crippen LogP contribution in [-0.4, -0.2) is 73.4 Å². The van der Waals surface area contributed by atoms with Gasteiger partial charge in [0.2, 0.25) is 0 Å². The Morgan fingerprint density at radius 3 is 1.39 bits per heavy atom. The molecule has 0 bridgehead atoms. The Labute approximate surface area is 307 Å². The Kier molecular flexibility index (Phi) is 40.3. The largest absolute Gasteiger partial charge is 0.464 e. The maximum absolute atomic E-state index is 12.3. The van der Waals surface area contributed by atoms with Crippen LogP contribution in [0.4, 0.5) is 0 Å². The molecule has 5 heteroatoms. The predicted molar refractivity (Wildman–Crippen MR) is 216 cm³/mol. The molecule has 1 N–H and O–H groups in total. The van der Waals surface area contributed by atoms with Crippen LogP contribution in [-0.2, 0) is 9.53 Å². The molecule has 0 spiro atoms. The minimum absolute atomic E-state index is 0.0137. The van der Waals surface area contributed by atoms with Gasteiger partial charge in [0.15, 0.2) is 0 Å². The van der Waals surface area contributed by atoms with Crippen LogP contribution in [0.5, 0.6) is 0 Å². The summed E-state index contributed by atoms with van der Waals surface area (Å²) < 4.78 is 5.60. The smallest absolute Gasteiger partial charge is 0.305 e. The standard InChI is InChI=1S/C44H86N2O3/c1-4-7-10-12-13-14-15-16-17-18-19-20-21-24-28-33-37-45(40-42-47)38-34-29-25-22-23-26-30-35-44(48)49-43-41-46(36-31-9-6-3)39-32-27-11-8-5-2/h13-14,16-17,47H,4-12,15,18-43H2,1-3H3/b14-13-,17-16-. The number of hydrogen-bond donors (Lipinski definition) is 1. The van der Waals surface area contributed by atoms with E-state index in [0.29, 0.717) is 13.0 Å². The summed E-state index contributed by atoms with van der Waals surface area (Å²) in [6, 6.07) is 0. The van der Waals surface area contributed by atoms with E-state index < -0.39 is 0 Å². The van der Waals surface area contributed by atoms with Crippen molar-refractivity contribution < 1.29 is 14.6 Å². The van der Waals surface area contributed by atoms with E-state index in [9.17, 15) is 9.90 Å². The minimum atomic E-state index is -0.0137. The first kappa shape index (κ1) is 47.8. The van der Waals surface area contributed by atoms with Crippen molar-refractivity contribution in [2.45, 2.75) is 201 Å². The summed E-state index contributed by atoms with van der Waals surface area (Å²) in [5.41, 5.74) is 0. The number of unbranched alkanes of at least 4 members (excludes halogenated alkanes) is 21. The summed E-state index contributed by atoms with van der Waals surface area (Å²) in [5, 5.41) is 9.51. The lowest BCUT2D eigenvalue weighted by Crippen LogP contribution is -2.30. The van der Waals surface area contributed by atoms with Gasteiger partial charge in [-0.3, -0.25) is 9.69 Å². The van der Waals surface area contributed by atoms with Crippen LogP contribution < -0.4 is 0 Å². The van der Waals surface area contributed by atoms with Crippen molar-refractivity contribution in [3.05, 3.63) is 24.3 Å². The molecule has 5 nitrogen and oxygen atoms in total. The Morgan fingerprint density at radius 1 is 0.469 bits per heavy atom. The molecule has 0 aromatic rings. The highest BCUT2D eigenvalue weighted by atomic mass is 16.5. The molecule has 0 saturated carbocycles. The molecule has 0 amide bonds. The van der Waals surface area contributed by atoms with E-state index in [1.807, 2.05) is 0 Å². The van der Waals surface area contributed by atoms with Crippen molar-refractivity contribution in [3.8, 4) is 0 Å². The highest BCUT2D eigenvalue weighted by Crippen LogP contribution is 2.12. The molecule has 0 atom stereocenters.